The van der Waals surface area contributed by atoms with E-state index in [0.717, 1.165) is 59.2 Å². The Morgan fingerprint density at radius 1 is 1.00 bits per heavy atom. The Morgan fingerprint density at radius 2 is 1.79 bits per heavy atom. The van der Waals surface area contributed by atoms with Gasteiger partial charge in [0.05, 0.1) is 23.8 Å². The number of hydrogen-bond donors (Lipinski definition) is 2. The highest BCUT2D eigenvalue weighted by atomic mass is 19.1. The van der Waals surface area contributed by atoms with Gasteiger partial charge in [-0.15, -0.1) is 0 Å². The molecule has 0 radical (unpaired) electrons. The van der Waals surface area contributed by atoms with Gasteiger partial charge in [0.15, 0.2) is 0 Å². The second kappa shape index (κ2) is 6.87. The zero-order valence-corrected chi connectivity index (χ0v) is 15.3. The summed E-state index contributed by atoms with van der Waals surface area (Å²) < 4.78 is 15.7. The summed E-state index contributed by atoms with van der Waals surface area (Å²) in [7, 11) is 0. The summed E-state index contributed by atoms with van der Waals surface area (Å²) in [6.45, 7) is 0. The minimum absolute atomic E-state index is 0.211. The number of aliphatic hydroxyl groups is 1. The fraction of sp³-hybridized carbons (Fsp3) is 0.273. The maximum absolute atomic E-state index is 13.5. The molecule has 0 unspecified atom stereocenters. The maximum atomic E-state index is 13.5. The predicted octanol–water partition coefficient (Wildman–Crippen LogP) is 4.71. The lowest BCUT2D eigenvalue weighted by molar-refractivity contribution is 0.111. The Kier molecular flexibility index (Phi) is 4.20. The van der Waals surface area contributed by atoms with E-state index in [1.54, 1.807) is 18.3 Å². The quantitative estimate of drug-likeness (QED) is 0.544. The average Bonchev–Trinajstić information content (AvgIpc) is 3.36. The van der Waals surface area contributed by atoms with Crippen LogP contribution in [0.2, 0.25) is 0 Å². The Hall–Kier alpha value is -2.99. The van der Waals surface area contributed by atoms with Crippen molar-refractivity contribution in [1.82, 2.24) is 19.5 Å². The number of benzene rings is 1. The van der Waals surface area contributed by atoms with Gasteiger partial charge in [0.1, 0.15) is 11.5 Å². The van der Waals surface area contributed by atoms with Crippen LogP contribution >= 0.6 is 0 Å². The second-order valence-electron chi connectivity index (χ2n) is 7.42. The monoisotopic (exact) mass is 376 g/mol. The van der Waals surface area contributed by atoms with Crippen molar-refractivity contribution in [3.05, 3.63) is 60.9 Å². The van der Waals surface area contributed by atoms with Crippen LogP contribution in [0, 0.1) is 5.82 Å². The number of halogens is 1. The number of rotatable bonds is 3. The molecule has 0 amide bonds. The molecule has 0 atom stereocenters. The highest BCUT2D eigenvalue weighted by Crippen LogP contribution is 2.39. The number of pyridine rings is 1. The summed E-state index contributed by atoms with van der Waals surface area (Å²) in [4.78, 5) is 12.3. The predicted molar refractivity (Wildman–Crippen MR) is 106 cm³/mol. The molecule has 1 aliphatic rings. The van der Waals surface area contributed by atoms with Crippen molar-refractivity contribution in [3.8, 4) is 22.5 Å². The fourth-order valence-electron chi connectivity index (χ4n) is 4.23. The Balaban J connectivity index is 1.70. The number of nitrogens with zero attached hydrogens (tertiary/aromatic N) is 3. The summed E-state index contributed by atoms with van der Waals surface area (Å²) in [6.07, 6.45) is 8.77. The number of nitrogens with one attached hydrogen (secondary N) is 1. The van der Waals surface area contributed by atoms with Gasteiger partial charge in [-0.25, -0.2) is 14.4 Å². The number of hydrogen-bond acceptors (Lipinski definition) is 3. The van der Waals surface area contributed by atoms with Gasteiger partial charge in [-0.2, -0.15) is 0 Å². The molecule has 2 N–H and O–H groups in total. The van der Waals surface area contributed by atoms with Crippen LogP contribution in [0.25, 0.3) is 33.5 Å². The molecule has 28 heavy (non-hydrogen) atoms. The van der Waals surface area contributed by atoms with Crippen molar-refractivity contribution in [1.29, 1.82) is 0 Å². The van der Waals surface area contributed by atoms with Crippen molar-refractivity contribution >= 4 is 11.0 Å². The minimum Gasteiger partial charge on any atom is -0.393 e. The summed E-state index contributed by atoms with van der Waals surface area (Å²) in [6, 6.07) is 10.8. The number of aliphatic hydroxyl groups excluding tert-OH is 1. The van der Waals surface area contributed by atoms with Crippen molar-refractivity contribution in [2.45, 2.75) is 37.8 Å². The zero-order chi connectivity index (χ0) is 19.1. The maximum Gasteiger partial charge on any atom is 0.137 e. The lowest BCUT2D eigenvalue weighted by Crippen LogP contribution is -2.21. The van der Waals surface area contributed by atoms with E-state index in [1.165, 1.54) is 12.1 Å². The Labute approximate surface area is 161 Å². The van der Waals surface area contributed by atoms with E-state index in [9.17, 15) is 9.50 Å². The first-order valence-corrected chi connectivity index (χ1v) is 9.64. The summed E-state index contributed by atoms with van der Waals surface area (Å²) in [5, 5.41) is 10.9. The largest absolute Gasteiger partial charge is 0.393 e. The molecule has 3 heterocycles. The molecule has 1 aromatic carbocycles. The third-order valence-electron chi connectivity index (χ3n) is 5.69. The summed E-state index contributed by atoms with van der Waals surface area (Å²) in [5.41, 5.74) is 4.61. The van der Waals surface area contributed by atoms with E-state index >= 15 is 0 Å². The standard InChI is InChI=1S/C22H21FN4O/c23-15-3-1-14(2-4-15)20-21(18-9-11-24-22-19(18)10-12-25-22)27(13-26-20)16-5-7-17(28)8-6-16/h1-4,9-13,16-17,28H,5-8H2,(H,24,25)/t16-,17+. The number of aromatic amines is 1. The fourth-order valence-corrected chi connectivity index (χ4v) is 4.23. The summed E-state index contributed by atoms with van der Waals surface area (Å²) >= 11 is 0. The molecule has 1 saturated carbocycles. The van der Waals surface area contributed by atoms with Crippen molar-refractivity contribution < 1.29 is 9.50 Å². The molecule has 1 aliphatic carbocycles. The van der Waals surface area contributed by atoms with Crippen LogP contribution in [0.5, 0.6) is 0 Å². The van der Waals surface area contributed by atoms with Gasteiger partial charge < -0.3 is 14.7 Å². The lowest BCUT2D eigenvalue weighted by Gasteiger charge is -2.28. The highest BCUT2D eigenvalue weighted by molar-refractivity contribution is 5.95. The van der Waals surface area contributed by atoms with Gasteiger partial charge in [0, 0.05) is 34.9 Å². The van der Waals surface area contributed by atoms with Gasteiger partial charge in [0.25, 0.3) is 0 Å². The van der Waals surface area contributed by atoms with Gasteiger partial charge in [-0.05, 0) is 62.1 Å². The van der Waals surface area contributed by atoms with Crippen LogP contribution in [0.1, 0.15) is 31.7 Å². The van der Waals surface area contributed by atoms with Gasteiger partial charge >= 0.3 is 0 Å². The molecule has 3 aromatic heterocycles. The SMILES string of the molecule is O[C@H]1CC[C@@H](n2cnc(-c3ccc(F)cc3)c2-c2ccnc3[nH]ccc23)CC1. The first-order valence-electron chi connectivity index (χ1n) is 9.64. The van der Waals surface area contributed by atoms with E-state index in [-0.39, 0.29) is 18.0 Å². The lowest BCUT2D eigenvalue weighted by atomic mass is 9.92. The van der Waals surface area contributed by atoms with E-state index in [2.05, 4.69) is 14.5 Å². The van der Waals surface area contributed by atoms with Crippen LogP contribution in [0.15, 0.2) is 55.1 Å². The topological polar surface area (TPSA) is 66.7 Å². The van der Waals surface area contributed by atoms with Crippen LogP contribution < -0.4 is 0 Å². The number of fused-ring (bicyclic) bond motifs is 1. The molecular formula is C22H21FN4O. The molecule has 5 nitrogen and oxygen atoms in total. The molecule has 0 aliphatic heterocycles. The third-order valence-corrected chi connectivity index (χ3v) is 5.69. The summed E-state index contributed by atoms with van der Waals surface area (Å²) in [5.74, 6) is -0.261. The van der Waals surface area contributed by atoms with E-state index in [0.29, 0.717) is 0 Å². The normalized spacial score (nSPS) is 19.9. The first-order chi connectivity index (χ1) is 13.7. The van der Waals surface area contributed by atoms with Crippen LogP contribution in [0.3, 0.4) is 0 Å². The van der Waals surface area contributed by atoms with Crippen molar-refractivity contribution in [2.24, 2.45) is 0 Å². The van der Waals surface area contributed by atoms with Crippen molar-refractivity contribution in [2.75, 3.05) is 0 Å². The van der Waals surface area contributed by atoms with Gasteiger partial charge in [-0.3, -0.25) is 0 Å². The molecule has 142 valence electrons. The second-order valence-corrected chi connectivity index (χ2v) is 7.42. The number of imidazole rings is 1. The minimum atomic E-state index is -0.261. The number of H-pyrrole nitrogens is 1. The third kappa shape index (κ3) is 2.90. The van der Waals surface area contributed by atoms with E-state index < -0.39 is 0 Å². The van der Waals surface area contributed by atoms with Crippen LogP contribution in [-0.2, 0) is 0 Å². The molecule has 1 fully saturated rings. The highest BCUT2D eigenvalue weighted by Gasteiger charge is 2.26. The molecule has 4 aromatic rings. The first kappa shape index (κ1) is 17.1. The van der Waals surface area contributed by atoms with Crippen molar-refractivity contribution in [3.63, 3.8) is 0 Å². The van der Waals surface area contributed by atoms with E-state index in [4.69, 9.17) is 4.98 Å². The molecular weight excluding hydrogens is 355 g/mol. The Bertz CT molecular complexity index is 1110. The molecule has 0 spiro atoms. The zero-order valence-electron chi connectivity index (χ0n) is 15.3. The molecule has 6 heteroatoms. The van der Waals surface area contributed by atoms with E-state index in [1.807, 2.05) is 24.7 Å². The molecule has 0 bridgehead atoms. The average molecular weight is 376 g/mol. The number of aromatic nitrogens is 4. The molecule has 0 saturated heterocycles. The van der Waals surface area contributed by atoms with Gasteiger partial charge in [-0.1, -0.05) is 0 Å². The van der Waals surface area contributed by atoms with Crippen LogP contribution in [0.4, 0.5) is 4.39 Å². The molecule has 5 rings (SSSR count). The van der Waals surface area contributed by atoms with Crippen LogP contribution in [-0.4, -0.2) is 30.7 Å². The smallest absolute Gasteiger partial charge is 0.137 e. The van der Waals surface area contributed by atoms with Gasteiger partial charge in [0.2, 0.25) is 0 Å². The Morgan fingerprint density at radius 3 is 2.57 bits per heavy atom.